The molecule has 0 radical (unpaired) electrons. The predicted molar refractivity (Wildman–Crippen MR) is 34.4 cm³/mol. The molecule has 0 aromatic carbocycles. The van der Waals surface area contributed by atoms with Crippen LogP contribution < -0.4 is 0 Å². The highest BCUT2D eigenvalue weighted by Crippen LogP contribution is 2.01. The minimum Gasteiger partial charge on any atom is -0.346 e. The number of nitrogens with one attached hydrogen (secondary N) is 1. The van der Waals surface area contributed by atoms with Gasteiger partial charge in [0.1, 0.15) is 5.15 Å². The van der Waals surface area contributed by atoms with E-state index in [0.717, 1.165) is 0 Å². The van der Waals surface area contributed by atoms with E-state index in [1.807, 2.05) is 0 Å². The fourth-order valence-electron chi connectivity index (χ4n) is 0.361. The monoisotopic (exact) mass is 164 g/mol. The van der Waals surface area contributed by atoms with Crippen LogP contribution >= 0.6 is 23.8 Å². The molecule has 0 amide bonds. The summed E-state index contributed by atoms with van der Waals surface area (Å²) in [7, 11) is 0. The van der Waals surface area contributed by atoms with Crippen molar-refractivity contribution in [2.24, 2.45) is 0 Å². The second-order valence-electron chi connectivity index (χ2n) is 1.34. The molecule has 0 saturated carbocycles. The third-order valence-electron chi connectivity index (χ3n) is 0.715. The lowest BCUT2D eigenvalue weighted by Crippen LogP contribution is -1.86. The first-order chi connectivity index (χ1) is 4.20. The van der Waals surface area contributed by atoms with Crippen molar-refractivity contribution >= 4 is 23.8 Å². The van der Waals surface area contributed by atoms with Crippen LogP contribution in [0.5, 0.6) is 0 Å². The van der Waals surface area contributed by atoms with Gasteiger partial charge in [-0.2, -0.15) is 4.39 Å². The topological polar surface area (TPSA) is 28.7 Å². The second-order valence-corrected chi connectivity index (χ2v) is 2.14. The average molecular weight is 165 g/mol. The predicted octanol–water partition coefficient (Wildman–Crippen LogP) is 1.93. The molecule has 0 aliphatic rings. The minimum absolute atomic E-state index is 0.0283. The summed E-state index contributed by atoms with van der Waals surface area (Å²) < 4.78 is 12.2. The van der Waals surface area contributed by atoms with Crippen molar-refractivity contribution in [2.75, 3.05) is 0 Å². The molecular formula is C4H2ClFN2S. The standard InChI is InChI=1S/C4H2ClFN2S/c5-2-1-7-4(9)3(6)8-2/h1H,(H,7,9). The molecule has 1 aromatic heterocycles. The van der Waals surface area contributed by atoms with Crippen LogP contribution in [0, 0.1) is 10.6 Å². The highest BCUT2D eigenvalue weighted by molar-refractivity contribution is 7.71. The number of rotatable bonds is 0. The molecule has 9 heavy (non-hydrogen) atoms. The maximum Gasteiger partial charge on any atom is 0.249 e. The van der Waals surface area contributed by atoms with Gasteiger partial charge in [-0.05, 0) is 0 Å². The molecule has 0 atom stereocenters. The Morgan fingerprint density at radius 3 is 2.89 bits per heavy atom. The van der Waals surface area contributed by atoms with E-state index in [9.17, 15) is 4.39 Å². The molecule has 1 N–H and O–H groups in total. The van der Waals surface area contributed by atoms with E-state index in [-0.39, 0.29) is 9.79 Å². The molecule has 1 aromatic rings. The summed E-state index contributed by atoms with van der Waals surface area (Å²) in [5.74, 6) is -0.738. The average Bonchev–Trinajstić information content (AvgIpc) is 1.80. The molecular weight excluding hydrogens is 163 g/mol. The molecule has 1 rings (SSSR count). The summed E-state index contributed by atoms with van der Waals surface area (Å²) in [5.41, 5.74) is 0. The molecule has 48 valence electrons. The van der Waals surface area contributed by atoms with Crippen molar-refractivity contribution in [3.63, 3.8) is 0 Å². The second kappa shape index (κ2) is 2.41. The van der Waals surface area contributed by atoms with Crippen LogP contribution in [0.4, 0.5) is 4.39 Å². The Morgan fingerprint density at radius 1 is 1.78 bits per heavy atom. The summed E-state index contributed by atoms with van der Waals surface area (Å²) >= 11 is 9.75. The van der Waals surface area contributed by atoms with Gasteiger partial charge in [-0.1, -0.05) is 23.8 Å². The lowest BCUT2D eigenvalue weighted by atomic mass is 10.7. The number of aromatic nitrogens is 2. The minimum atomic E-state index is -0.738. The summed E-state index contributed by atoms with van der Waals surface area (Å²) in [6.45, 7) is 0. The van der Waals surface area contributed by atoms with Gasteiger partial charge in [-0.25, -0.2) is 4.98 Å². The maximum absolute atomic E-state index is 12.2. The first kappa shape index (κ1) is 6.64. The van der Waals surface area contributed by atoms with E-state index < -0.39 is 5.95 Å². The first-order valence-electron chi connectivity index (χ1n) is 2.11. The molecule has 0 aliphatic carbocycles. The Hall–Kier alpha value is -0.480. The van der Waals surface area contributed by atoms with Crippen LogP contribution in [0.3, 0.4) is 0 Å². The number of halogens is 2. The van der Waals surface area contributed by atoms with Gasteiger partial charge < -0.3 is 4.98 Å². The van der Waals surface area contributed by atoms with Crippen molar-refractivity contribution in [1.29, 1.82) is 0 Å². The Labute approximate surface area is 60.7 Å². The lowest BCUT2D eigenvalue weighted by molar-refractivity contribution is 0.572. The zero-order chi connectivity index (χ0) is 6.85. The highest BCUT2D eigenvalue weighted by Gasteiger charge is 1.93. The van der Waals surface area contributed by atoms with Crippen molar-refractivity contribution in [3.05, 3.63) is 21.9 Å². The Morgan fingerprint density at radius 2 is 2.44 bits per heavy atom. The van der Waals surface area contributed by atoms with Crippen molar-refractivity contribution < 1.29 is 4.39 Å². The van der Waals surface area contributed by atoms with Gasteiger partial charge in [0.25, 0.3) is 0 Å². The van der Waals surface area contributed by atoms with E-state index in [4.69, 9.17) is 11.6 Å². The quantitative estimate of drug-likeness (QED) is 0.594. The van der Waals surface area contributed by atoms with Gasteiger partial charge in [-0.15, -0.1) is 0 Å². The van der Waals surface area contributed by atoms with Gasteiger partial charge in [-0.3, -0.25) is 0 Å². The fraction of sp³-hybridized carbons (Fsp3) is 0. The third kappa shape index (κ3) is 1.46. The molecule has 0 fully saturated rings. The Kier molecular flexibility index (Phi) is 1.78. The number of nitrogens with zero attached hydrogens (tertiary/aromatic N) is 1. The molecule has 0 saturated heterocycles. The molecule has 2 nitrogen and oxygen atoms in total. The fourth-order valence-corrected chi connectivity index (χ4v) is 0.595. The number of hydrogen-bond acceptors (Lipinski definition) is 2. The van der Waals surface area contributed by atoms with Gasteiger partial charge in [0.2, 0.25) is 5.95 Å². The molecule has 0 aliphatic heterocycles. The van der Waals surface area contributed by atoms with E-state index in [0.29, 0.717) is 0 Å². The summed E-state index contributed by atoms with van der Waals surface area (Å²) in [4.78, 5) is 5.65. The van der Waals surface area contributed by atoms with Crippen LogP contribution in [0.25, 0.3) is 0 Å². The zero-order valence-electron chi connectivity index (χ0n) is 4.19. The third-order valence-corrected chi connectivity index (χ3v) is 1.19. The van der Waals surface area contributed by atoms with Crippen LogP contribution in [0.15, 0.2) is 6.20 Å². The van der Waals surface area contributed by atoms with Crippen LogP contribution in [-0.4, -0.2) is 9.97 Å². The Bertz CT molecular complexity index is 272. The normalized spacial score (nSPS) is 9.56. The van der Waals surface area contributed by atoms with Crippen molar-refractivity contribution in [3.8, 4) is 0 Å². The Balaban J connectivity index is 3.34. The largest absolute Gasteiger partial charge is 0.346 e. The van der Waals surface area contributed by atoms with Crippen molar-refractivity contribution in [1.82, 2.24) is 9.97 Å². The van der Waals surface area contributed by atoms with Crippen molar-refractivity contribution in [2.45, 2.75) is 0 Å². The number of aromatic amines is 1. The summed E-state index contributed by atoms with van der Waals surface area (Å²) in [6, 6.07) is 0. The number of H-pyrrole nitrogens is 1. The molecule has 0 spiro atoms. The van der Waals surface area contributed by atoms with E-state index in [1.165, 1.54) is 6.20 Å². The van der Waals surface area contributed by atoms with Gasteiger partial charge >= 0.3 is 0 Å². The lowest BCUT2D eigenvalue weighted by Gasteiger charge is -1.87. The first-order valence-corrected chi connectivity index (χ1v) is 2.89. The highest BCUT2D eigenvalue weighted by atomic mass is 35.5. The molecule has 1 heterocycles. The summed E-state index contributed by atoms with van der Waals surface area (Å²) in [6.07, 6.45) is 1.33. The maximum atomic E-state index is 12.2. The van der Waals surface area contributed by atoms with Crippen LogP contribution in [-0.2, 0) is 0 Å². The molecule has 5 heteroatoms. The van der Waals surface area contributed by atoms with Gasteiger partial charge in [0, 0.05) is 6.20 Å². The van der Waals surface area contributed by atoms with E-state index >= 15 is 0 Å². The SMILES string of the molecule is Fc1nc(Cl)c[nH]c1=S. The summed E-state index contributed by atoms with van der Waals surface area (Å²) in [5, 5.41) is 0.0705. The van der Waals surface area contributed by atoms with Gasteiger partial charge in [0.05, 0.1) is 0 Å². The smallest absolute Gasteiger partial charge is 0.249 e. The molecule has 0 bridgehead atoms. The van der Waals surface area contributed by atoms with E-state index in [2.05, 4.69) is 22.2 Å². The zero-order valence-corrected chi connectivity index (χ0v) is 5.76. The van der Waals surface area contributed by atoms with Crippen LogP contribution in [0.2, 0.25) is 5.15 Å². The molecule has 0 unspecified atom stereocenters. The van der Waals surface area contributed by atoms with Gasteiger partial charge in [0.15, 0.2) is 4.64 Å². The van der Waals surface area contributed by atoms with Crippen LogP contribution in [0.1, 0.15) is 0 Å². The number of hydrogen-bond donors (Lipinski definition) is 1. The van der Waals surface area contributed by atoms with E-state index in [1.54, 1.807) is 0 Å².